The van der Waals surface area contributed by atoms with E-state index in [1.165, 1.54) is 28.5 Å². The van der Waals surface area contributed by atoms with Crippen LogP contribution in [-0.2, 0) is 12.8 Å². The van der Waals surface area contributed by atoms with E-state index >= 15 is 0 Å². The first-order valence-corrected chi connectivity index (χ1v) is 7.47. The number of aromatic nitrogens is 1. The predicted octanol–water partition coefficient (Wildman–Crippen LogP) is 2.36. The number of pyridine rings is 1. The first kappa shape index (κ1) is 13.6. The first-order chi connectivity index (χ1) is 10.1. The number of amides is 1. The lowest BCUT2D eigenvalue weighted by Crippen LogP contribution is -2.21. The Morgan fingerprint density at radius 2 is 2.29 bits per heavy atom. The van der Waals surface area contributed by atoms with Crippen molar-refractivity contribution in [2.45, 2.75) is 26.2 Å². The Kier molecular flexibility index (Phi) is 3.35. The Bertz CT molecular complexity index is 826. The highest BCUT2D eigenvalue weighted by Gasteiger charge is 2.23. The van der Waals surface area contributed by atoms with Crippen molar-refractivity contribution in [3.63, 3.8) is 0 Å². The molecule has 1 aliphatic carbocycles. The summed E-state index contributed by atoms with van der Waals surface area (Å²) in [5, 5.41) is 12.5. The summed E-state index contributed by atoms with van der Waals surface area (Å²) in [5.41, 5.74) is 2.02. The Morgan fingerprint density at radius 3 is 3.00 bits per heavy atom. The number of aryl methyl sites for hydroxylation is 2. The van der Waals surface area contributed by atoms with E-state index in [1.807, 2.05) is 0 Å². The van der Waals surface area contributed by atoms with E-state index in [-0.39, 0.29) is 11.0 Å². The van der Waals surface area contributed by atoms with Crippen molar-refractivity contribution < 1.29 is 4.79 Å². The summed E-state index contributed by atoms with van der Waals surface area (Å²) in [6.45, 7) is 1.75. The Labute approximate surface area is 125 Å². The zero-order chi connectivity index (χ0) is 15.0. The van der Waals surface area contributed by atoms with Gasteiger partial charge in [-0.2, -0.15) is 5.26 Å². The van der Waals surface area contributed by atoms with Crippen LogP contribution < -0.4 is 10.7 Å². The number of nitrogens with zero attached hydrogens (tertiary/aromatic N) is 1. The molecule has 0 atom stereocenters. The number of fused-ring (bicyclic) bond motifs is 1. The third-order valence-electron chi connectivity index (χ3n) is 3.56. The molecule has 2 aromatic heterocycles. The smallest absolute Gasteiger partial charge is 0.261 e. The van der Waals surface area contributed by atoms with Crippen LogP contribution in [0.1, 0.15) is 38.5 Å². The van der Waals surface area contributed by atoms with E-state index in [1.54, 1.807) is 6.92 Å². The van der Waals surface area contributed by atoms with E-state index < -0.39 is 5.91 Å². The van der Waals surface area contributed by atoms with Crippen molar-refractivity contribution in [1.82, 2.24) is 4.98 Å². The number of aromatic amines is 1. The third-order valence-corrected chi connectivity index (χ3v) is 4.77. The summed E-state index contributed by atoms with van der Waals surface area (Å²) >= 11 is 1.44. The van der Waals surface area contributed by atoms with Gasteiger partial charge in [-0.3, -0.25) is 9.59 Å². The Morgan fingerprint density at radius 1 is 1.48 bits per heavy atom. The van der Waals surface area contributed by atoms with Gasteiger partial charge in [0.15, 0.2) is 5.43 Å². The van der Waals surface area contributed by atoms with Crippen molar-refractivity contribution in [3.05, 3.63) is 49.7 Å². The van der Waals surface area contributed by atoms with Gasteiger partial charge in [0.1, 0.15) is 16.6 Å². The van der Waals surface area contributed by atoms with E-state index in [2.05, 4.69) is 16.4 Å². The molecule has 2 heterocycles. The van der Waals surface area contributed by atoms with E-state index in [9.17, 15) is 14.9 Å². The molecule has 5 nitrogen and oxygen atoms in total. The van der Waals surface area contributed by atoms with Crippen LogP contribution in [0.5, 0.6) is 0 Å². The van der Waals surface area contributed by atoms with Crippen LogP contribution in [0.3, 0.4) is 0 Å². The van der Waals surface area contributed by atoms with Gasteiger partial charge in [-0.25, -0.2) is 0 Å². The fraction of sp³-hybridized carbons (Fsp3) is 0.267. The minimum atomic E-state index is -0.479. The molecule has 6 heteroatoms. The largest absolute Gasteiger partial charge is 0.364 e. The zero-order valence-electron chi connectivity index (χ0n) is 11.4. The standard InChI is InChI=1S/C15H13N3O2S/c1-8-5-12(19)11(7-17-8)14(20)18-15-10(6-16)9-3-2-4-13(9)21-15/h5,7H,2-4H2,1H3,(H,17,19)(H,18,20). The third kappa shape index (κ3) is 2.36. The van der Waals surface area contributed by atoms with Crippen LogP contribution in [0.2, 0.25) is 0 Å². The van der Waals surface area contributed by atoms with E-state index in [0.717, 1.165) is 24.8 Å². The number of carbonyl (C=O) groups excluding carboxylic acids is 1. The average molecular weight is 299 g/mol. The van der Waals surface area contributed by atoms with Crippen molar-refractivity contribution in [2.75, 3.05) is 5.32 Å². The Balaban J connectivity index is 1.92. The molecule has 0 aromatic carbocycles. The van der Waals surface area contributed by atoms with Gasteiger partial charge < -0.3 is 10.3 Å². The summed E-state index contributed by atoms with van der Waals surface area (Å²) in [7, 11) is 0. The van der Waals surface area contributed by atoms with Gasteiger partial charge >= 0.3 is 0 Å². The molecule has 0 saturated carbocycles. The monoisotopic (exact) mass is 299 g/mol. The fourth-order valence-corrected chi connectivity index (χ4v) is 3.77. The van der Waals surface area contributed by atoms with Gasteiger partial charge in [0.25, 0.3) is 5.91 Å². The molecule has 0 radical (unpaired) electrons. The highest BCUT2D eigenvalue weighted by atomic mass is 32.1. The van der Waals surface area contributed by atoms with Gasteiger partial charge in [0, 0.05) is 22.8 Å². The number of nitriles is 1. The molecule has 2 N–H and O–H groups in total. The van der Waals surface area contributed by atoms with E-state index in [0.29, 0.717) is 16.3 Å². The van der Waals surface area contributed by atoms with Crippen LogP contribution in [-0.4, -0.2) is 10.9 Å². The number of carbonyl (C=O) groups is 1. The van der Waals surface area contributed by atoms with Gasteiger partial charge in [0.2, 0.25) is 0 Å². The van der Waals surface area contributed by atoms with Gasteiger partial charge in [-0.15, -0.1) is 11.3 Å². The molecular weight excluding hydrogens is 286 g/mol. The number of rotatable bonds is 2. The second-order valence-electron chi connectivity index (χ2n) is 5.02. The van der Waals surface area contributed by atoms with Gasteiger partial charge in [-0.05, 0) is 31.7 Å². The number of thiophene rings is 1. The molecular formula is C15H13N3O2S. The second kappa shape index (κ2) is 5.19. The van der Waals surface area contributed by atoms with Crippen LogP contribution in [0.15, 0.2) is 17.1 Å². The molecule has 0 aliphatic heterocycles. The molecule has 0 fully saturated rings. The highest BCUT2D eigenvalue weighted by molar-refractivity contribution is 7.16. The molecule has 0 spiro atoms. The summed E-state index contributed by atoms with van der Waals surface area (Å²) in [6.07, 6.45) is 4.30. The number of H-pyrrole nitrogens is 1. The first-order valence-electron chi connectivity index (χ1n) is 6.65. The molecule has 3 rings (SSSR count). The summed E-state index contributed by atoms with van der Waals surface area (Å²) < 4.78 is 0. The number of anilines is 1. The van der Waals surface area contributed by atoms with Gasteiger partial charge in [0.05, 0.1) is 5.56 Å². The number of hydrogen-bond donors (Lipinski definition) is 2. The van der Waals surface area contributed by atoms with Crippen molar-refractivity contribution in [3.8, 4) is 6.07 Å². The fourth-order valence-electron chi connectivity index (χ4n) is 2.53. The van der Waals surface area contributed by atoms with Crippen LogP contribution >= 0.6 is 11.3 Å². The maximum atomic E-state index is 12.2. The van der Waals surface area contributed by atoms with Crippen LogP contribution in [0, 0.1) is 18.3 Å². The lowest BCUT2D eigenvalue weighted by molar-refractivity contribution is 0.102. The van der Waals surface area contributed by atoms with Crippen LogP contribution in [0.25, 0.3) is 0 Å². The quantitative estimate of drug-likeness (QED) is 0.892. The summed E-state index contributed by atoms with van der Waals surface area (Å²) in [6, 6.07) is 3.55. The van der Waals surface area contributed by atoms with E-state index in [4.69, 9.17) is 0 Å². The van der Waals surface area contributed by atoms with Crippen LogP contribution in [0.4, 0.5) is 5.00 Å². The normalized spacial score (nSPS) is 12.8. The lowest BCUT2D eigenvalue weighted by Gasteiger charge is -2.04. The number of nitrogens with one attached hydrogen (secondary N) is 2. The lowest BCUT2D eigenvalue weighted by atomic mass is 10.1. The maximum absolute atomic E-state index is 12.2. The summed E-state index contributed by atoms with van der Waals surface area (Å²) in [5.74, 6) is -0.479. The molecule has 21 heavy (non-hydrogen) atoms. The summed E-state index contributed by atoms with van der Waals surface area (Å²) in [4.78, 5) is 28.0. The predicted molar refractivity (Wildman–Crippen MR) is 80.8 cm³/mol. The van der Waals surface area contributed by atoms with Crippen molar-refractivity contribution in [1.29, 1.82) is 5.26 Å². The Hall–Kier alpha value is -2.39. The topological polar surface area (TPSA) is 85.8 Å². The minimum absolute atomic E-state index is 0.0537. The molecule has 0 unspecified atom stereocenters. The molecule has 106 valence electrons. The minimum Gasteiger partial charge on any atom is -0.364 e. The van der Waals surface area contributed by atoms with Crippen molar-refractivity contribution >= 4 is 22.2 Å². The zero-order valence-corrected chi connectivity index (χ0v) is 12.3. The molecule has 0 saturated heterocycles. The highest BCUT2D eigenvalue weighted by Crippen LogP contribution is 2.38. The SMILES string of the molecule is Cc1cc(=O)c(C(=O)Nc2sc3c(c2C#N)CCC3)c[nH]1. The second-order valence-corrected chi connectivity index (χ2v) is 6.13. The molecule has 1 amide bonds. The average Bonchev–Trinajstić information content (AvgIpc) is 2.98. The number of hydrogen-bond acceptors (Lipinski definition) is 4. The molecule has 0 bridgehead atoms. The van der Waals surface area contributed by atoms with Crippen molar-refractivity contribution in [2.24, 2.45) is 0 Å². The molecule has 2 aromatic rings. The maximum Gasteiger partial charge on any atom is 0.261 e. The molecule has 1 aliphatic rings. The van der Waals surface area contributed by atoms with Gasteiger partial charge in [-0.1, -0.05) is 0 Å².